The van der Waals surface area contributed by atoms with E-state index in [9.17, 15) is 14.4 Å². The molecule has 0 radical (unpaired) electrons. The SMILES string of the molecule is NC(=O)CN1C(=O)NC(c2ccccc2)C1=O. The summed E-state index contributed by atoms with van der Waals surface area (Å²) in [6, 6.07) is 7.49. The third kappa shape index (κ3) is 2.10. The number of amides is 4. The van der Waals surface area contributed by atoms with Crippen LogP contribution in [-0.4, -0.2) is 29.3 Å². The van der Waals surface area contributed by atoms with Gasteiger partial charge in [-0.25, -0.2) is 4.79 Å². The van der Waals surface area contributed by atoms with E-state index in [0.29, 0.717) is 5.56 Å². The molecule has 0 saturated carbocycles. The van der Waals surface area contributed by atoms with Crippen molar-refractivity contribution in [1.29, 1.82) is 0 Å². The lowest BCUT2D eigenvalue weighted by Gasteiger charge is -2.10. The number of benzene rings is 1. The smallest absolute Gasteiger partial charge is 0.325 e. The van der Waals surface area contributed by atoms with Gasteiger partial charge in [0.2, 0.25) is 5.91 Å². The summed E-state index contributed by atoms with van der Waals surface area (Å²) in [5.41, 5.74) is 5.65. The number of primary amides is 1. The molecule has 1 aromatic carbocycles. The lowest BCUT2D eigenvalue weighted by atomic mass is 10.1. The second kappa shape index (κ2) is 4.25. The van der Waals surface area contributed by atoms with Gasteiger partial charge in [-0.15, -0.1) is 0 Å². The first-order chi connectivity index (χ1) is 8.09. The van der Waals surface area contributed by atoms with Crippen molar-refractivity contribution in [2.75, 3.05) is 6.54 Å². The van der Waals surface area contributed by atoms with Gasteiger partial charge in [-0.05, 0) is 5.56 Å². The summed E-state index contributed by atoms with van der Waals surface area (Å²) in [5.74, 6) is -1.18. The van der Waals surface area contributed by atoms with Gasteiger partial charge in [0.1, 0.15) is 12.6 Å². The van der Waals surface area contributed by atoms with Crippen molar-refractivity contribution in [1.82, 2.24) is 10.2 Å². The fourth-order valence-electron chi connectivity index (χ4n) is 1.70. The van der Waals surface area contributed by atoms with Crippen LogP contribution in [-0.2, 0) is 9.59 Å². The molecule has 1 heterocycles. The Bertz CT molecular complexity index is 472. The van der Waals surface area contributed by atoms with E-state index in [-0.39, 0.29) is 0 Å². The monoisotopic (exact) mass is 233 g/mol. The van der Waals surface area contributed by atoms with Crippen molar-refractivity contribution < 1.29 is 14.4 Å². The summed E-state index contributed by atoms with van der Waals surface area (Å²) < 4.78 is 0. The van der Waals surface area contributed by atoms with Crippen LogP contribution in [0.5, 0.6) is 0 Å². The number of carbonyl (C=O) groups excluding carboxylic acids is 3. The first-order valence-corrected chi connectivity index (χ1v) is 5.04. The van der Waals surface area contributed by atoms with Crippen molar-refractivity contribution >= 4 is 17.8 Å². The van der Waals surface area contributed by atoms with Crippen LogP contribution in [0.3, 0.4) is 0 Å². The Hall–Kier alpha value is -2.37. The van der Waals surface area contributed by atoms with Crippen molar-refractivity contribution in [2.45, 2.75) is 6.04 Å². The number of rotatable bonds is 3. The minimum atomic E-state index is -0.733. The van der Waals surface area contributed by atoms with E-state index in [0.717, 1.165) is 4.90 Å². The summed E-state index contributed by atoms with van der Waals surface area (Å²) >= 11 is 0. The topological polar surface area (TPSA) is 92.5 Å². The summed E-state index contributed by atoms with van der Waals surface area (Å²) in [5, 5.41) is 2.51. The third-order valence-corrected chi connectivity index (χ3v) is 2.47. The molecule has 0 aromatic heterocycles. The first kappa shape index (κ1) is 11.1. The number of hydrogen-bond acceptors (Lipinski definition) is 3. The van der Waals surface area contributed by atoms with Crippen molar-refractivity contribution in [3.63, 3.8) is 0 Å². The van der Waals surface area contributed by atoms with E-state index < -0.39 is 30.4 Å². The third-order valence-electron chi connectivity index (χ3n) is 2.47. The van der Waals surface area contributed by atoms with E-state index in [1.54, 1.807) is 24.3 Å². The van der Waals surface area contributed by atoms with Crippen LogP contribution in [0.25, 0.3) is 0 Å². The molecule has 1 atom stereocenters. The number of carbonyl (C=O) groups is 3. The number of imide groups is 1. The molecule has 6 heteroatoms. The summed E-state index contributed by atoms with van der Waals surface area (Å²) in [4.78, 5) is 34.9. The Morgan fingerprint density at radius 1 is 1.29 bits per heavy atom. The highest BCUT2D eigenvalue weighted by Gasteiger charge is 2.39. The van der Waals surface area contributed by atoms with Crippen molar-refractivity contribution in [2.24, 2.45) is 5.73 Å². The van der Waals surface area contributed by atoms with Gasteiger partial charge in [0.15, 0.2) is 0 Å². The number of hydrogen-bond donors (Lipinski definition) is 2. The predicted molar refractivity (Wildman–Crippen MR) is 58.6 cm³/mol. The van der Waals surface area contributed by atoms with E-state index in [4.69, 9.17) is 5.73 Å². The molecule has 88 valence electrons. The second-order valence-corrected chi connectivity index (χ2v) is 3.68. The molecule has 1 fully saturated rings. The maximum atomic E-state index is 11.9. The lowest BCUT2D eigenvalue weighted by molar-refractivity contribution is -0.131. The number of urea groups is 1. The normalized spacial score (nSPS) is 19.3. The Morgan fingerprint density at radius 2 is 1.94 bits per heavy atom. The predicted octanol–water partition coefficient (Wildman–Crippen LogP) is -0.235. The van der Waals surface area contributed by atoms with Gasteiger partial charge < -0.3 is 11.1 Å². The van der Waals surface area contributed by atoms with Gasteiger partial charge in [-0.3, -0.25) is 14.5 Å². The van der Waals surface area contributed by atoms with Gasteiger partial charge in [0.05, 0.1) is 0 Å². The fourth-order valence-corrected chi connectivity index (χ4v) is 1.70. The molecule has 0 spiro atoms. The first-order valence-electron chi connectivity index (χ1n) is 5.04. The van der Waals surface area contributed by atoms with Gasteiger partial charge in [-0.1, -0.05) is 30.3 Å². The molecule has 4 amide bonds. The van der Waals surface area contributed by atoms with Gasteiger partial charge in [0, 0.05) is 0 Å². The van der Waals surface area contributed by atoms with Crippen molar-refractivity contribution in [3.8, 4) is 0 Å². The maximum absolute atomic E-state index is 11.9. The van der Waals surface area contributed by atoms with Gasteiger partial charge in [-0.2, -0.15) is 0 Å². The number of nitrogens with two attached hydrogens (primary N) is 1. The minimum absolute atomic E-state index is 0.395. The Labute approximate surface area is 97.4 Å². The van der Waals surface area contributed by atoms with E-state index >= 15 is 0 Å². The maximum Gasteiger partial charge on any atom is 0.325 e. The second-order valence-electron chi connectivity index (χ2n) is 3.68. The van der Waals surface area contributed by atoms with E-state index in [1.165, 1.54) is 0 Å². The largest absolute Gasteiger partial charge is 0.368 e. The van der Waals surface area contributed by atoms with Crippen LogP contribution in [0.1, 0.15) is 11.6 Å². The van der Waals surface area contributed by atoms with Gasteiger partial charge in [0.25, 0.3) is 5.91 Å². The molecular formula is C11H11N3O3. The van der Waals surface area contributed by atoms with Crippen LogP contribution in [0.4, 0.5) is 4.79 Å². The van der Waals surface area contributed by atoms with Crippen molar-refractivity contribution in [3.05, 3.63) is 35.9 Å². The molecule has 1 aromatic rings. The molecule has 3 N–H and O–H groups in total. The molecule has 1 saturated heterocycles. The average molecular weight is 233 g/mol. The highest BCUT2D eigenvalue weighted by atomic mass is 16.2. The van der Waals surface area contributed by atoms with Crippen LogP contribution in [0.15, 0.2) is 30.3 Å². The molecule has 1 aliphatic heterocycles. The van der Waals surface area contributed by atoms with Crippen LogP contribution >= 0.6 is 0 Å². The molecule has 1 aliphatic rings. The Morgan fingerprint density at radius 3 is 2.53 bits per heavy atom. The zero-order chi connectivity index (χ0) is 12.4. The van der Waals surface area contributed by atoms with Crippen LogP contribution < -0.4 is 11.1 Å². The Balaban J connectivity index is 2.22. The van der Waals surface area contributed by atoms with Gasteiger partial charge >= 0.3 is 6.03 Å². The van der Waals surface area contributed by atoms with E-state index in [1.807, 2.05) is 6.07 Å². The zero-order valence-corrected chi connectivity index (χ0v) is 8.92. The lowest BCUT2D eigenvalue weighted by Crippen LogP contribution is -2.38. The quantitative estimate of drug-likeness (QED) is 0.706. The molecule has 1 unspecified atom stereocenters. The molecule has 6 nitrogen and oxygen atoms in total. The average Bonchev–Trinajstić information content (AvgIpc) is 2.58. The molecule has 2 rings (SSSR count). The van der Waals surface area contributed by atoms with E-state index in [2.05, 4.69) is 5.32 Å². The molecular weight excluding hydrogens is 222 g/mol. The summed E-state index contributed by atoms with van der Waals surface area (Å²) in [6.45, 7) is -0.395. The standard InChI is InChI=1S/C11H11N3O3/c12-8(15)6-14-10(16)9(13-11(14)17)7-4-2-1-3-5-7/h1-5,9H,6H2,(H2,12,15)(H,13,17). The van der Waals surface area contributed by atoms with Crippen LogP contribution in [0, 0.1) is 0 Å². The molecule has 0 aliphatic carbocycles. The minimum Gasteiger partial charge on any atom is -0.368 e. The molecule has 17 heavy (non-hydrogen) atoms. The summed E-state index contributed by atoms with van der Waals surface area (Å²) in [7, 11) is 0. The van der Waals surface area contributed by atoms with Crippen LogP contribution in [0.2, 0.25) is 0 Å². The summed E-state index contributed by atoms with van der Waals surface area (Å²) in [6.07, 6.45) is 0. The number of nitrogens with one attached hydrogen (secondary N) is 1. The fraction of sp³-hybridized carbons (Fsp3) is 0.182. The molecule has 0 bridgehead atoms. The highest BCUT2D eigenvalue weighted by Crippen LogP contribution is 2.21. The highest BCUT2D eigenvalue weighted by molar-refractivity contribution is 6.06. The number of nitrogens with zero attached hydrogens (tertiary/aromatic N) is 1. The zero-order valence-electron chi connectivity index (χ0n) is 8.92. The Kier molecular flexibility index (Phi) is 2.78.